The van der Waals surface area contributed by atoms with Crippen LogP contribution in [0.2, 0.25) is 0 Å². The Hall–Kier alpha value is -1.49. The first-order valence-electron chi connectivity index (χ1n) is 6.57. The maximum Gasteiger partial charge on any atom is 0.167 e. The van der Waals surface area contributed by atoms with E-state index < -0.39 is 5.82 Å². The minimum absolute atomic E-state index is 0.0689. The smallest absolute Gasteiger partial charge is 0.167 e. The van der Waals surface area contributed by atoms with E-state index in [0.29, 0.717) is 5.69 Å². The Labute approximate surface area is 114 Å². The van der Waals surface area contributed by atoms with Crippen LogP contribution in [0.5, 0.6) is 5.75 Å². The SMILES string of the molecule is CNCCCN(C)c1cc(OC(C)C)c(F)cc1N. The van der Waals surface area contributed by atoms with Crippen molar-refractivity contribution in [1.82, 2.24) is 5.32 Å². The van der Waals surface area contributed by atoms with E-state index >= 15 is 0 Å². The lowest BCUT2D eigenvalue weighted by molar-refractivity contribution is 0.231. The van der Waals surface area contributed by atoms with E-state index in [1.807, 2.05) is 32.8 Å². The summed E-state index contributed by atoms with van der Waals surface area (Å²) < 4.78 is 19.2. The Kier molecular flexibility index (Phi) is 5.89. The predicted molar refractivity (Wildman–Crippen MR) is 78.4 cm³/mol. The van der Waals surface area contributed by atoms with Crippen LogP contribution in [0.3, 0.4) is 0 Å². The molecule has 1 aromatic carbocycles. The van der Waals surface area contributed by atoms with Crippen molar-refractivity contribution in [1.29, 1.82) is 0 Å². The maximum atomic E-state index is 13.7. The van der Waals surface area contributed by atoms with Crippen molar-refractivity contribution in [2.75, 3.05) is 37.8 Å². The molecule has 1 rings (SSSR count). The molecule has 0 bridgehead atoms. The molecule has 0 aliphatic carbocycles. The van der Waals surface area contributed by atoms with Crippen LogP contribution in [-0.4, -0.2) is 33.3 Å². The summed E-state index contributed by atoms with van der Waals surface area (Å²) in [4.78, 5) is 2.01. The first kappa shape index (κ1) is 15.6. The van der Waals surface area contributed by atoms with Crippen molar-refractivity contribution >= 4 is 11.4 Å². The number of nitrogens with two attached hydrogens (primary N) is 1. The molecular weight excluding hydrogens is 245 g/mol. The molecule has 0 aromatic heterocycles. The van der Waals surface area contributed by atoms with Gasteiger partial charge in [0.25, 0.3) is 0 Å². The molecule has 0 heterocycles. The highest BCUT2D eigenvalue weighted by Crippen LogP contribution is 2.31. The molecule has 0 aliphatic rings. The van der Waals surface area contributed by atoms with E-state index in [9.17, 15) is 4.39 Å². The number of rotatable bonds is 7. The predicted octanol–water partition coefficient (Wildman–Crippen LogP) is 2.24. The Morgan fingerprint density at radius 3 is 2.68 bits per heavy atom. The zero-order chi connectivity index (χ0) is 14.4. The number of hydrogen-bond donors (Lipinski definition) is 2. The molecule has 0 aliphatic heterocycles. The Morgan fingerprint density at radius 1 is 1.42 bits per heavy atom. The van der Waals surface area contributed by atoms with Crippen LogP contribution < -0.4 is 20.7 Å². The Balaban J connectivity index is 2.87. The third-order valence-corrected chi connectivity index (χ3v) is 2.78. The minimum Gasteiger partial charge on any atom is -0.488 e. The summed E-state index contributed by atoms with van der Waals surface area (Å²) in [6, 6.07) is 2.99. The average molecular weight is 269 g/mol. The van der Waals surface area contributed by atoms with Gasteiger partial charge in [0.1, 0.15) is 0 Å². The summed E-state index contributed by atoms with van der Waals surface area (Å²) in [5.74, 6) is -0.168. The van der Waals surface area contributed by atoms with Crippen LogP contribution in [0.1, 0.15) is 20.3 Å². The fourth-order valence-electron chi connectivity index (χ4n) is 1.85. The number of benzene rings is 1. The molecule has 0 saturated carbocycles. The van der Waals surface area contributed by atoms with Gasteiger partial charge in [-0.1, -0.05) is 0 Å². The number of nitrogens with zero attached hydrogens (tertiary/aromatic N) is 1. The largest absolute Gasteiger partial charge is 0.488 e. The summed E-state index contributed by atoms with van der Waals surface area (Å²) in [5.41, 5.74) is 7.10. The quantitative estimate of drug-likeness (QED) is 0.589. The molecule has 19 heavy (non-hydrogen) atoms. The number of ether oxygens (including phenoxy) is 1. The molecule has 3 N–H and O–H groups in total. The zero-order valence-electron chi connectivity index (χ0n) is 12.2. The van der Waals surface area contributed by atoms with E-state index in [4.69, 9.17) is 10.5 Å². The Morgan fingerprint density at radius 2 is 2.11 bits per heavy atom. The van der Waals surface area contributed by atoms with Gasteiger partial charge in [0.15, 0.2) is 11.6 Å². The first-order valence-corrected chi connectivity index (χ1v) is 6.57. The second-order valence-corrected chi connectivity index (χ2v) is 4.89. The third kappa shape index (κ3) is 4.59. The summed E-state index contributed by atoms with van der Waals surface area (Å²) in [6.45, 7) is 5.51. The van der Waals surface area contributed by atoms with Crippen LogP contribution in [0, 0.1) is 5.82 Å². The highest BCUT2D eigenvalue weighted by Gasteiger charge is 2.13. The minimum atomic E-state index is -0.418. The van der Waals surface area contributed by atoms with Gasteiger partial charge in [-0.25, -0.2) is 4.39 Å². The average Bonchev–Trinajstić information content (AvgIpc) is 2.32. The van der Waals surface area contributed by atoms with Crippen LogP contribution in [0.4, 0.5) is 15.8 Å². The topological polar surface area (TPSA) is 50.5 Å². The summed E-state index contributed by atoms with van der Waals surface area (Å²) in [7, 11) is 3.86. The standard InChI is InChI=1S/C14H24FN3O/c1-10(2)19-14-9-13(12(16)8-11(14)15)18(4)7-5-6-17-3/h8-10,17H,5-7,16H2,1-4H3. The van der Waals surface area contributed by atoms with Gasteiger partial charge in [-0.2, -0.15) is 0 Å². The summed E-state index contributed by atoms with van der Waals surface area (Å²) in [5, 5.41) is 3.09. The van der Waals surface area contributed by atoms with Crippen molar-refractivity contribution in [2.24, 2.45) is 0 Å². The van der Waals surface area contributed by atoms with Crippen molar-refractivity contribution < 1.29 is 9.13 Å². The number of hydrogen-bond acceptors (Lipinski definition) is 4. The first-order chi connectivity index (χ1) is 8.95. The van der Waals surface area contributed by atoms with E-state index in [2.05, 4.69) is 5.32 Å². The van der Waals surface area contributed by atoms with Crippen molar-refractivity contribution in [3.8, 4) is 5.75 Å². The molecule has 0 radical (unpaired) electrons. The van der Waals surface area contributed by atoms with Crippen LogP contribution in [0.15, 0.2) is 12.1 Å². The lowest BCUT2D eigenvalue weighted by atomic mass is 10.2. The molecule has 0 fully saturated rings. The van der Waals surface area contributed by atoms with Gasteiger partial charge < -0.3 is 20.7 Å². The van der Waals surface area contributed by atoms with Crippen molar-refractivity contribution in [3.05, 3.63) is 17.9 Å². The van der Waals surface area contributed by atoms with Gasteiger partial charge >= 0.3 is 0 Å². The molecule has 0 spiro atoms. The number of nitrogen functional groups attached to an aromatic ring is 1. The molecular formula is C14H24FN3O. The molecule has 0 amide bonds. The van der Waals surface area contributed by atoms with E-state index in [1.165, 1.54) is 6.07 Å². The lowest BCUT2D eigenvalue weighted by Gasteiger charge is -2.22. The van der Waals surface area contributed by atoms with Gasteiger partial charge in [0, 0.05) is 25.7 Å². The second-order valence-electron chi connectivity index (χ2n) is 4.89. The highest BCUT2D eigenvalue weighted by atomic mass is 19.1. The molecule has 0 unspecified atom stereocenters. The number of anilines is 2. The molecule has 0 atom stereocenters. The molecule has 0 saturated heterocycles. The van der Waals surface area contributed by atoms with Crippen molar-refractivity contribution in [2.45, 2.75) is 26.4 Å². The molecule has 5 heteroatoms. The monoisotopic (exact) mass is 269 g/mol. The third-order valence-electron chi connectivity index (χ3n) is 2.78. The summed E-state index contributed by atoms with van der Waals surface area (Å²) >= 11 is 0. The molecule has 4 nitrogen and oxygen atoms in total. The maximum absolute atomic E-state index is 13.7. The zero-order valence-corrected chi connectivity index (χ0v) is 12.2. The second kappa shape index (κ2) is 7.19. The fourth-order valence-corrected chi connectivity index (χ4v) is 1.85. The van der Waals surface area contributed by atoms with E-state index in [-0.39, 0.29) is 11.9 Å². The van der Waals surface area contributed by atoms with Gasteiger partial charge in [0.05, 0.1) is 17.5 Å². The van der Waals surface area contributed by atoms with Crippen LogP contribution >= 0.6 is 0 Å². The van der Waals surface area contributed by atoms with Crippen molar-refractivity contribution in [3.63, 3.8) is 0 Å². The lowest BCUT2D eigenvalue weighted by Crippen LogP contribution is -2.23. The highest BCUT2D eigenvalue weighted by molar-refractivity contribution is 5.69. The fraction of sp³-hybridized carbons (Fsp3) is 0.571. The van der Waals surface area contributed by atoms with E-state index in [0.717, 1.165) is 25.2 Å². The summed E-state index contributed by atoms with van der Waals surface area (Å²) in [6.07, 6.45) is 0.921. The molecule has 1 aromatic rings. The van der Waals surface area contributed by atoms with Gasteiger partial charge in [-0.3, -0.25) is 0 Å². The van der Waals surface area contributed by atoms with E-state index in [1.54, 1.807) is 6.07 Å². The van der Waals surface area contributed by atoms with Gasteiger partial charge in [0.2, 0.25) is 0 Å². The number of halogens is 1. The van der Waals surface area contributed by atoms with Gasteiger partial charge in [-0.15, -0.1) is 0 Å². The van der Waals surface area contributed by atoms with Gasteiger partial charge in [-0.05, 0) is 33.9 Å². The Bertz CT molecular complexity index is 410. The van der Waals surface area contributed by atoms with Crippen LogP contribution in [-0.2, 0) is 0 Å². The molecule has 108 valence electrons. The normalized spacial score (nSPS) is 10.8. The number of nitrogens with one attached hydrogen (secondary N) is 1. The van der Waals surface area contributed by atoms with Crippen LogP contribution in [0.25, 0.3) is 0 Å².